The fourth-order valence-corrected chi connectivity index (χ4v) is 2.67. The Labute approximate surface area is 134 Å². The van der Waals surface area contributed by atoms with E-state index in [-0.39, 0.29) is 19.1 Å². The van der Waals surface area contributed by atoms with Gasteiger partial charge in [-0.25, -0.2) is 9.97 Å². The van der Waals surface area contributed by atoms with Crippen LogP contribution in [0.25, 0.3) is 0 Å². The molecule has 1 aliphatic rings. The smallest absolute Gasteiger partial charge is 0.257 e. The molecule has 2 heterocycles. The van der Waals surface area contributed by atoms with E-state index < -0.39 is 5.60 Å². The van der Waals surface area contributed by atoms with E-state index in [0.717, 1.165) is 11.3 Å². The van der Waals surface area contributed by atoms with E-state index in [4.69, 9.17) is 4.74 Å². The topological polar surface area (TPSA) is 75.6 Å². The molecule has 0 saturated carbocycles. The Balaban J connectivity index is 1.62. The van der Waals surface area contributed by atoms with Gasteiger partial charge in [0, 0.05) is 18.9 Å². The molecule has 23 heavy (non-hydrogen) atoms. The molecule has 0 aliphatic carbocycles. The van der Waals surface area contributed by atoms with Crippen molar-refractivity contribution in [2.75, 3.05) is 19.7 Å². The number of aliphatic hydroxyl groups is 1. The Kier molecular flexibility index (Phi) is 4.25. The second-order valence-electron chi connectivity index (χ2n) is 5.88. The van der Waals surface area contributed by atoms with Gasteiger partial charge in [0.15, 0.2) is 0 Å². The standard InChI is InChI=1S/C17H19N3O3/c1-13-4-2-3-5-15(13)23-11-17(22)6-7-20(10-17)16(21)14-8-18-12-19-9-14/h2-5,8-9,12,22H,6-7,10-11H2,1H3/t17-/m0/s1. The lowest BCUT2D eigenvalue weighted by Gasteiger charge is -2.24. The third kappa shape index (κ3) is 3.48. The van der Waals surface area contributed by atoms with Crippen LogP contribution in [0.3, 0.4) is 0 Å². The minimum absolute atomic E-state index is 0.160. The first-order valence-corrected chi connectivity index (χ1v) is 7.52. The number of amides is 1. The summed E-state index contributed by atoms with van der Waals surface area (Å²) < 4.78 is 5.74. The van der Waals surface area contributed by atoms with Crippen LogP contribution in [0.5, 0.6) is 5.75 Å². The van der Waals surface area contributed by atoms with Crippen LogP contribution in [0, 0.1) is 6.92 Å². The molecule has 2 aromatic rings. The van der Waals surface area contributed by atoms with Crippen molar-refractivity contribution in [2.45, 2.75) is 18.9 Å². The number of nitrogens with zero attached hydrogens (tertiary/aromatic N) is 3. The first-order chi connectivity index (χ1) is 11.1. The van der Waals surface area contributed by atoms with Crippen molar-refractivity contribution in [3.63, 3.8) is 0 Å². The van der Waals surface area contributed by atoms with Gasteiger partial charge in [0.2, 0.25) is 0 Å². The fraction of sp³-hybridized carbons (Fsp3) is 0.353. The molecule has 1 fully saturated rings. The summed E-state index contributed by atoms with van der Waals surface area (Å²) in [5, 5.41) is 10.7. The van der Waals surface area contributed by atoms with E-state index in [1.807, 2.05) is 31.2 Å². The Bertz CT molecular complexity index is 692. The van der Waals surface area contributed by atoms with Gasteiger partial charge in [0.1, 0.15) is 24.3 Å². The summed E-state index contributed by atoms with van der Waals surface area (Å²) in [6.45, 7) is 2.85. The molecule has 0 radical (unpaired) electrons. The number of likely N-dealkylation sites (tertiary alicyclic amines) is 1. The van der Waals surface area contributed by atoms with Crippen molar-refractivity contribution in [3.05, 3.63) is 54.1 Å². The van der Waals surface area contributed by atoms with Crippen molar-refractivity contribution in [2.24, 2.45) is 0 Å². The number of carbonyl (C=O) groups excluding carboxylic acids is 1. The summed E-state index contributed by atoms with van der Waals surface area (Å²) in [5.74, 6) is 0.583. The fourth-order valence-electron chi connectivity index (χ4n) is 2.67. The van der Waals surface area contributed by atoms with Crippen molar-refractivity contribution in [1.82, 2.24) is 14.9 Å². The molecule has 1 atom stereocenters. The molecule has 6 heteroatoms. The molecule has 1 saturated heterocycles. The zero-order valence-corrected chi connectivity index (χ0v) is 13.0. The monoisotopic (exact) mass is 313 g/mol. The van der Waals surface area contributed by atoms with Crippen molar-refractivity contribution in [3.8, 4) is 5.75 Å². The van der Waals surface area contributed by atoms with Crippen LogP contribution in [-0.2, 0) is 0 Å². The first-order valence-electron chi connectivity index (χ1n) is 7.52. The van der Waals surface area contributed by atoms with Gasteiger partial charge in [-0.15, -0.1) is 0 Å². The molecule has 1 N–H and O–H groups in total. The molecular weight excluding hydrogens is 294 g/mol. The number of β-amino-alcohol motifs (C(OH)–C–C–N with tert-alkyl or cyclic N) is 1. The Morgan fingerprint density at radius 3 is 2.83 bits per heavy atom. The lowest BCUT2D eigenvalue weighted by atomic mass is 10.1. The zero-order chi connectivity index (χ0) is 16.3. The number of hydrogen-bond acceptors (Lipinski definition) is 5. The van der Waals surface area contributed by atoms with Crippen LogP contribution in [-0.4, -0.2) is 51.2 Å². The van der Waals surface area contributed by atoms with Gasteiger partial charge in [0.25, 0.3) is 5.91 Å². The minimum atomic E-state index is -1.03. The number of aryl methyl sites for hydroxylation is 1. The second-order valence-corrected chi connectivity index (χ2v) is 5.88. The van der Waals surface area contributed by atoms with Crippen molar-refractivity contribution < 1.29 is 14.6 Å². The van der Waals surface area contributed by atoms with E-state index in [9.17, 15) is 9.90 Å². The molecule has 1 aromatic carbocycles. The third-order valence-electron chi connectivity index (χ3n) is 4.02. The molecule has 1 aliphatic heterocycles. The lowest BCUT2D eigenvalue weighted by Crippen LogP contribution is -2.40. The number of ether oxygens (including phenoxy) is 1. The average molecular weight is 313 g/mol. The van der Waals surface area contributed by atoms with Crippen LogP contribution >= 0.6 is 0 Å². The van der Waals surface area contributed by atoms with Crippen LogP contribution in [0.1, 0.15) is 22.3 Å². The molecule has 0 spiro atoms. The predicted molar refractivity (Wildman–Crippen MR) is 84.2 cm³/mol. The predicted octanol–water partition coefficient (Wildman–Crippen LogP) is 1.44. The summed E-state index contributed by atoms with van der Waals surface area (Å²) in [5.41, 5.74) is 0.410. The molecule has 0 unspecified atom stereocenters. The van der Waals surface area contributed by atoms with Gasteiger partial charge >= 0.3 is 0 Å². The lowest BCUT2D eigenvalue weighted by molar-refractivity contribution is 0.00412. The summed E-state index contributed by atoms with van der Waals surface area (Å²) in [4.78, 5) is 21.7. The number of benzene rings is 1. The van der Waals surface area contributed by atoms with Gasteiger partial charge in [-0.2, -0.15) is 0 Å². The van der Waals surface area contributed by atoms with Crippen LogP contribution in [0.15, 0.2) is 43.0 Å². The number of aromatic nitrogens is 2. The maximum atomic E-state index is 12.4. The Morgan fingerprint density at radius 2 is 2.09 bits per heavy atom. The molecule has 0 bridgehead atoms. The normalized spacial score (nSPS) is 20.5. The highest BCUT2D eigenvalue weighted by Gasteiger charge is 2.39. The quantitative estimate of drug-likeness (QED) is 0.924. The van der Waals surface area contributed by atoms with Gasteiger partial charge in [-0.1, -0.05) is 18.2 Å². The summed E-state index contributed by atoms with van der Waals surface area (Å²) in [7, 11) is 0. The van der Waals surface area contributed by atoms with E-state index in [1.54, 1.807) is 4.90 Å². The average Bonchev–Trinajstić information content (AvgIpc) is 2.97. The van der Waals surface area contributed by atoms with E-state index in [2.05, 4.69) is 9.97 Å². The largest absolute Gasteiger partial charge is 0.490 e. The molecule has 120 valence electrons. The van der Waals surface area contributed by atoms with Crippen LogP contribution in [0.4, 0.5) is 0 Å². The maximum absolute atomic E-state index is 12.4. The summed E-state index contributed by atoms with van der Waals surface area (Å²) in [6.07, 6.45) is 4.83. The number of para-hydroxylation sites is 1. The number of hydrogen-bond donors (Lipinski definition) is 1. The number of carbonyl (C=O) groups is 1. The highest BCUT2D eigenvalue weighted by molar-refractivity contribution is 5.93. The van der Waals surface area contributed by atoms with Crippen LogP contribution in [0.2, 0.25) is 0 Å². The molecular formula is C17H19N3O3. The Hall–Kier alpha value is -2.47. The van der Waals surface area contributed by atoms with Crippen LogP contribution < -0.4 is 4.74 Å². The molecule has 1 aromatic heterocycles. The highest BCUT2D eigenvalue weighted by atomic mass is 16.5. The van der Waals surface area contributed by atoms with Gasteiger partial charge < -0.3 is 14.7 Å². The van der Waals surface area contributed by atoms with Gasteiger partial charge in [-0.05, 0) is 25.0 Å². The van der Waals surface area contributed by atoms with E-state index >= 15 is 0 Å². The third-order valence-corrected chi connectivity index (χ3v) is 4.02. The van der Waals surface area contributed by atoms with E-state index in [0.29, 0.717) is 18.5 Å². The second kappa shape index (κ2) is 6.34. The number of rotatable bonds is 4. The molecule has 6 nitrogen and oxygen atoms in total. The van der Waals surface area contributed by atoms with Gasteiger partial charge in [-0.3, -0.25) is 4.79 Å². The summed E-state index contributed by atoms with van der Waals surface area (Å²) in [6, 6.07) is 7.66. The Morgan fingerprint density at radius 1 is 1.35 bits per heavy atom. The van der Waals surface area contributed by atoms with Crippen molar-refractivity contribution >= 4 is 5.91 Å². The SMILES string of the molecule is Cc1ccccc1OC[C@]1(O)CCN(C(=O)c2cncnc2)C1. The summed E-state index contributed by atoms with van der Waals surface area (Å²) >= 11 is 0. The molecule has 1 amide bonds. The highest BCUT2D eigenvalue weighted by Crippen LogP contribution is 2.25. The maximum Gasteiger partial charge on any atom is 0.257 e. The van der Waals surface area contributed by atoms with Crippen molar-refractivity contribution in [1.29, 1.82) is 0 Å². The minimum Gasteiger partial charge on any atom is -0.490 e. The van der Waals surface area contributed by atoms with Gasteiger partial charge in [0.05, 0.1) is 12.1 Å². The molecule has 3 rings (SSSR count). The zero-order valence-electron chi connectivity index (χ0n) is 13.0. The van der Waals surface area contributed by atoms with E-state index in [1.165, 1.54) is 18.7 Å². The first kappa shape index (κ1) is 15.4.